The Kier molecular flexibility index (Phi) is 4.24. The fraction of sp³-hybridized carbons (Fsp3) is 0.455. The van der Waals surface area contributed by atoms with Crippen LogP contribution in [0.25, 0.3) is 0 Å². The van der Waals surface area contributed by atoms with E-state index in [-0.39, 0.29) is 7.92 Å². The van der Waals surface area contributed by atoms with E-state index in [2.05, 4.69) is 32.0 Å². The average Bonchev–Trinajstić information content (AvgIpc) is 2.20. The summed E-state index contributed by atoms with van der Waals surface area (Å²) in [6, 6.07) is 8.37. The fourth-order valence-corrected chi connectivity index (χ4v) is 3.36. The van der Waals surface area contributed by atoms with Crippen LogP contribution in [0.2, 0.25) is 0 Å². The molecule has 13 heavy (non-hydrogen) atoms. The quantitative estimate of drug-likeness (QED) is 0.673. The van der Waals surface area contributed by atoms with Gasteiger partial charge in [0.05, 0.1) is 7.11 Å². The lowest BCUT2D eigenvalue weighted by Gasteiger charge is -2.16. The topological polar surface area (TPSA) is 9.23 Å². The molecule has 0 bridgehead atoms. The van der Waals surface area contributed by atoms with Crippen molar-refractivity contribution in [3.8, 4) is 5.75 Å². The molecule has 0 amide bonds. The van der Waals surface area contributed by atoms with Crippen molar-refractivity contribution < 1.29 is 4.74 Å². The predicted octanol–water partition coefficient (Wildman–Crippen LogP) is 2.84. The van der Waals surface area contributed by atoms with E-state index in [9.17, 15) is 0 Å². The first-order chi connectivity index (χ1) is 6.33. The maximum Gasteiger partial charge on any atom is 0.126 e. The van der Waals surface area contributed by atoms with Crippen LogP contribution in [0.15, 0.2) is 24.3 Å². The molecule has 0 aliphatic heterocycles. The minimum absolute atomic E-state index is 0.00296. The molecule has 0 spiro atoms. The highest BCUT2D eigenvalue weighted by Gasteiger charge is 2.10. The minimum Gasteiger partial charge on any atom is -0.496 e. The SMILES string of the molecule is CCP(CC)c1ccccc1OC. The van der Waals surface area contributed by atoms with E-state index in [0.717, 1.165) is 5.75 Å². The third-order valence-corrected chi connectivity index (χ3v) is 4.77. The summed E-state index contributed by atoms with van der Waals surface area (Å²) in [4.78, 5) is 0. The Labute approximate surface area is 81.9 Å². The highest BCUT2D eigenvalue weighted by atomic mass is 31.1. The number of para-hydroxylation sites is 1. The van der Waals surface area contributed by atoms with Gasteiger partial charge in [0.15, 0.2) is 0 Å². The first kappa shape index (κ1) is 10.5. The number of hydrogen-bond donors (Lipinski definition) is 0. The molecule has 0 fully saturated rings. The Morgan fingerprint density at radius 1 is 1.15 bits per heavy atom. The number of benzene rings is 1. The van der Waals surface area contributed by atoms with Crippen LogP contribution < -0.4 is 10.0 Å². The van der Waals surface area contributed by atoms with Crippen LogP contribution in [0.3, 0.4) is 0 Å². The second kappa shape index (κ2) is 5.24. The van der Waals surface area contributed by atoms with Crippen LogP contribution in [-0.2, 0) is 0 Å². The zero-order chi connectivity index (χ0) is 9.68. The Balaban J connectivity index is 2.96. The normalized spacial score (nSPS) is 10.5. The fourth-order valence-electron chi connectivity index (χ4n) is 1.46. The largest absolute Gasteiger partial charge is 0.496 e. The molecule has 0 aliphatic carbocycles. The molecule has 0 heterocycles. The maximum atomic E-state index is 5.35. The molecule has 72 valence electrons. The molecule has 0 saturated carbocycles. The number of ether oxygens (including phenoxy) is 1. The molecule has 0 atom stereocenters. The van der Waals surface area contributed by atoms with E-state index in [0.29, 0.717) is 0 Å². The second-order valence-electron chi connectivity index (χ2n) is 2.84. The summed E-state index contributed by atoms with van der Waals surface area (Å²) in [5.41, 5.74) is 0. The van der Waals surface area contributed by atoms with Crippen molar-refractivity contribution in [3.63, 3.8) is 0 Å². The van der Waals surface area contributed by atoms with Gasteiger partial charge >= 0.3 is 0 Å². The molecule has 2 heteroatoms. The third kappa shape index (κ3) is 2.45. The standard InChI is InChI=1S/C11H17OP/c1-4-13(5-2)11-9-7-6-8-10(11)12-3/h6-9H,4-5H2,1-3H3. The summed E-state index contributed by atoms with van der Waals surface area (Å²) >= 11 is 0. The molecule has 1 aromatic carbocycles. The van der Waals surface area contributed by atoms with E-state index in [1.54, 1.807) is 7.11 Å². The highest BCUT2D eigenvalue weighted by molar-refractivity contribution is 7.65. The van der Waals surface area contributed by atoms with Crippen molar-refractivity contribution in [1.82, 2.24) is 0 Å². The van der Waals surface area contributed by atoms with Gasteiger partial charge in [0, 0.05) is 5.30 Å². The van der Waals surface area contributed by atoms with Gasteiger partial charge in [-0.05, 0) is 18.4 Å². The Morgan fingerprint density at radius 3 is 2.31 bits per heavy atom. The summed E-state index contributed by atoms with van der Waals surface area (Å²) in [5, 5.41) is 1.41. The van der Waals surface area contributed by atoms with Crippen LogP contribution in [0, 0.1) is 0 Å². The lowest BCUT2D eigenvalue weighted by Crippen LogP contribution is -2.07. The van der Waals surface area contributed by atoms with Crippen molar-refractivity contribution in [2.24, 2.45) is 0 Å². The van der Waals surface area contributed by atoms with Gasteiger partial charge in [-0.3, -0.25) is 0 Å². The van der Waals surface area contributed by atoms with Crippen molar-refractivity contribution in [2.45, 2.75) is 13.8 Å². The molecule has 0 N–H and O–H groups in total. The van der Waals surface area contributed by atoms with Gasteiger partial charge in [-0.2, -0.15) is 0 Å². The molecule has 0 aliphatic rings. The van der Waals surface area contributed by atoms with Crippen LogP contribution in [-0.4, -0.2) is 19.4 Å². The third-order valence-electron chi connectivity index (χ3n) is 2.19. The van der Waals surface area contributed by atoms with Gasteiger partial charge in [-0.25, -0.2) is 0 Å². The molecule has 1 nitrogen and oxygen atoms in total. The van der Waals surface area contributed by atoms with E-state index in [4.69, 9.17) is 4.74 Å². The number of rotatable bonds is 4. The van der Waals surface area contributed by atoms with Gasteiger partial charge in [-0.1, -0.05) is 40.0 Å². The van der Waals surface area contributed by atoms with Crippen LogP contribution in [0.1, 0.15) is 13.8 Å². The highest BCUT2D eigenvalue weighted by Crippen LogP contribution is 2.36. The van der Waals surface area contributed by atoms with Crippen molar-refractivity contribution in [1.29, 1.82) is 0 Å². The van der Waals surface area contributed by atoms with Gasteiger partial charge in [0.25, 0.3) is 0 Å². The molecule has 0 aromatic heterocycles. The molecular formula is C11H17OP. The zero-order valence-electron chi connectivity index (χ0n) is 8.58. The molecule has 1 rings (SSSR count). The summed E-state index contributed by atoms with van der Waals surface area (Å²) in [6.07, 6.45) is 2.48. The molecule has 0 radical (unpaired) electrons. The monoisotopic (exact) mass is 196 g/mol. The Bertz CT molecular complexity index is 256. The molecule has 0 unspecified atom stereocenters. The molecule has 0 saturated heterocycles. The minimum atomic E-state index is -0.00296. The lowest BCUT2D eigenvalue weighted by atomic mass is 10.3. The molecule has 1 aromatic rings. The van der Waals surface area contributed by atoms with E-state index in [1.165, 1.54) is 17.6 Å². The number of hydrogen-bond acceptors (Lipinski definition) is 1. The summed E-state index contributed by atoms with van der Waals surface area (Å²) < 4.78 is 5.35. The van der Waals surface area contributed by atoms with E-state index in [1.807, 2.05) is 6.07 Å². The smallest absolute Gasteiger partial charge is 0.126 e. The molecular weight excluding hydrogens is 179 g/mol. The summed E-state index contributed by atoms with van der Waals surface area (Å²) in [7, 11) is 1.74. The first-order valence-corrected chi connectivity index (χ1v) is 6.42. The van der Waals surface area contributed by atoms with Gasteiger partial charge in [0.2, 0.25) is 0 Å². The second-order valence-corrected chi connectivity index (χ2v) is 5.67. The predicted molar refractivity (Wildman–Crippen MR) is 60.6 cm³/mol. The summed E-state index contributed by atoms with van der Waals surface area (Å²) in [5.74, 6) is 1.05. The lowest BCUT2D eigenvalue weighted by molar-refractivity contribution is 0.418. The summed E-state index contributed by atoms with van der Waals surface area (Å²) in [6.45, 7) is 4.50. The van der Waals surface area contributed by atoms with Gasteiger partial charge in [-0.15, -0.1) is 0 Å². The Hall–Kier alpha value is -0.550. The van der Waals surface area contributed by atoms with Gasteiger partial charge in [0.1, 0.15) is 5.75 Å². The van der Waals surface area contributed by atoms with Crippen molar-refractivity contribution in [2.75, 3.05) is 19.4 Å². The average molecular weight is 196 g/mol. The maximum absolute atomic E-state index is 5.35. The zero-order valence-corrected chi connectivity index (χ0v) is 9.47. The van der Waals surface area contributed by atoms with Crippen LogP contribution in [0.5, 0.6) is 5.75 Å². The van der Waals surface area contributed by atoms with Crippen LogP contribution in [0.4, 0.5) is 0 Å². The first-order valence-electron chi connectivity index (χ1n) is 4.71. The van der Waals surface area contributed by atoms with Crippen molar-refractivity contribution in [3.05, 3.63) is 24.3 Å². The van der Waals surface area contributed by atoms with Gasteiger partial charge < -0.3 is 4.74 Å². The van der Waals surface area contributed by atoms with Crippen LogP contribution >= 0.6 is 7.92 Å². The Morgan fingerprint density at radius 2 is 1.77 bits per heavy atom. The van der Waals surface area contributed by atoms with E-state index < -0.39 is 0 Å². The number of methoxy groups -OCH3 is 1. The van der Waals surface area contributed by atoms with E-state index >= 15 is 0 Å². The van der Waals surface area contributed by atoms with Crippen molar-refractivity contribution >= 4 is 13.2 Å².